The molecule has 1 aliphatic heterocycles. The molecule has 2 atom stereocenters. The lowest BCUT2D eigenvalue weighted by Crippen LogP contribution is -2.48. The summed E-state index contributed by atoms with van der Waals surface area (Å²) < 4.78 is 0. The Labute approximate surface area is 191 Å². The highest BCUT2D eigenvalue weighted by atomic mass is 127. The molecular formula is C22H35IN4O2. The molecule has 0 spiro atoms. The average Bonchev–Trinajstić information content (AvgIpc) is 3.13. The van der Waals surface area contributed by atoms with E-state index in [1.54, 1.807) is 0 Å². The molecule has 1 aliphatic carbocycles. The Morgan fingerprint density at radius 3 is 2.62 bits per heavy atom. The van der Waals surface area contributed by atoms with E-state index in [2.05, 4.69) is 24.5 Å². The van der Waals surface area contributed by atoms with Gasteiger partial charge < -0.3 is 20.6 Å². The molecule has 3 rings (SSSR count). The predicted octanol–water partition coefficient (Wildman–Crippen LogP) is 3.43. The number of benzene rings is 1. The maximum Gasteiger partial charge on any atom is 0.227 e. The van der Waals surface area contributed by atoms with Gasteiger partial charge in [0.05, 0.1) is 12.6 Å². The van der Waals surface area contributed by atoms with Gasteiger partial charge in [0, 0.05) is 37.2 Å². The Hall–Kier alpha value is -1.35. The van der Waals surface area contributed by atoms with Crippen molar-refractivity contribution in [1.29, 1.82) is 0 Å². The van der Waals surface area contributed by atoms with Crippen LogP contribution >= 0.6 is 24.0 Å². The topological polar surface area (TPSA) is 77.0 Å². The van der Waals surface area contributed by atoms with Crippen molar-refractivity contribution in [3.63, 3.8) is 0 Å². The normalized spacial score (nSPS) is 24.9. The molecule has 2 aliphatic rings. The van der Waals surface area contributed by atoms with E-state index >= 15 is 0 Å². The highest BCUT2D eigenvalue weighted by Gasteiger charge is 2.35. The van der Waals surface area contributed by atoms with Gasteiger partial charge in [-0.3, -0.25) is 4.79 Å². The van der Waals surface area contributed by atoms with Crippen LogP contribution in [0.5, 0.6) is 0 Å². The number of rotatable bonds is 6. The number of hydrogen-bond acceptors (Lipinski definition) is 3. The first-order chi connectivity index (χ1) is 13.5. The van der Waals surface area contributed by atoms with Crippen LogP contribution in [-0.4, -0.2) is 42.7 Å². The summed E-state index contributed by atoms with van der Waals surface area (Å²) in [5.41, 5.74) is 1.98. The van der Waals surface area contributed by atoms with Crippen molar-refractivity contribution >= 4 is 41.5 Å². The molecule has 1 heterocycles. The highest BCUT2D eigenvalue weighted by molar-refractivity contribution is 14.0. The van der Waals surface area contributed by atoms with Crippen LogP contribution in [-0.2, 0) is 11.3 Å². The van der Waals surface area contributed by atoms with Crippen molar-refractivity contribution in [1.82, 2.24) is 10.6 Å². The molecule has 2 unspecified atom stereocenters. The number of carbonyl (C=O) groups is 1. The Kier molecular flexibility index (Phi) is 9.20. The summed E-state index contributed by atoms with van der Waals surface area (Å²) in [5, 5.41) is 17.1. The van der Waals surface area contributed by atoms with Gasteiger partial charge in [-0.2, -0.15) is 0 Å². The lowest BCUT2D eigenvalue weighted by molar-refractivity contribution is -0.117. The minimum absolute atomic E-state index is 0. The molecule has 2 fully saturated rings. The van der Waals surface area contributed by atoms with Gasteiger partial charge in [-0.05, 0) is 43.9 Å². The van der Waals surface area contributed by atoms with Crippen LogP contribution < -0.4 is 15.5 Å². The van der Waals surface area contributed by atoms with E-state index < -0.39 is 0 Å². The summed E-state index contributed by atoms with van der Waals surface area (Å²) in [4.78, 5) is 18.4. The van der Waals surface area contributed by atoms with Gasteiger partial charge in [-0.25, -0.2) is 4.99 Å². The Bertz CT molecular complexity index is 695. The number of guanidine groups is 1. The van der Waals surface area contributed by atoms with Gasteiger partial charge in [0.1, 0.15) is 0 Å². The fourth-order valence-corrected chi connectivity index (χ4v) is 4.09. The highest BCUT2D eigenvalue weighted by Crippen LogP contribution is 2.35. The number of carbonyl (C=O) groups excluding carboxylic acids is 1. The summed E-state index contributed by atoms with van der Waals surface area (Å²) in [6.45, 7) is 7.11. The lowest BCUT2D eigenvalue weighted by Gasteiger charge is -2.38. The maximum atomic E-state index is 11.9. The quantitative estimate of drug-likeness (QED) is 0.309. The van der Waals surface area contributed by atoms with Gasteiger partial charge >= 0.3 is 0 Å². The van der Waals surface area contributed by atoms with Gasteiger partial charge in [0.15, 0.2) is 5.96 Å². The van der Waals surface area contributed by atoms with Crippen molar-refractivity contribution < 1.29 is 9.90 Å². The van der Waals surface area contributed by atoms with Crippen LogP contribution in [0.3, 0.4) is 0 Å². The third kappa shape index (κ3) is 6.31. The zero-order valence-electron chi connectivity index (χ0n) is 17.6. The number of aliphatic imine (C=N–C) groups is 1. The summed E-state index contributed by atoms with van der Waals surface area (Å²) in [6.07, 6.45) is 5.55. The predicted molar refractivity (Wildman–Crippen MR) is 129 cm³/mol. The van der Waals surface area contributed by atoms with Gasteiger partial charge in [0.25, 0.3) is 0 Å². The number of nitrogens with zero attached hydrogens (tertiary/aromatic N) is 2. The first-order valence-corrected chi connectivity index (χ1v) is 10.6. The molecule has 0 bridgehead atoms. The van der Waals surface area contributed by atoms with Crippen molar-refractivity contribution in [2.24, 2.45) is 10.4 Å². The zero-order chi connectivity index (χ0) is 20.0. The monoisotopic (exact) mass is 514 g/mol. The van der Waals surface area contributed by atoms with Crippen LogP contribution in [0.25, 0.3) is 0 Å². The lowest BCUT2D eigenvalue weighted by atomic mass is 9.73. The second-order valence-corrected chi connectivity index (χ2v) is 8.28. The first kappa shape index (κ1) is 23.9. The van der Waals surface area contributed by atoms with Gasteiger partial charge in [0.2, 0.25) is 5.91 Å². The second kappa shape index (κ2) is 11.2. The number of nitrogens with one attached hydrogen (secondary N) is 2. The number of amides is 1. The number of aliphatic hydroxyl groups is 1. The van der Waals surface area contributed by atoms with E-state index in [0.29, 0.717) is 13.0 Å². The third-order valence-corrected chi connectivity index (χ3v) is 6.02. The molecule has 1 aromatic rings. The van der Waals surface area contributed by atoms with Crippen molar-refractivity contribution in [2.45, 2.75) is 65.0 Å². The van der Waals surface area contributed by atoms with Crippen molar-refractivity contribution in [3.05, 3.63) is 29.8 Å². The second-order valence-electron chi connectivity index (χ2n) is 8.28. The maximum absolute atomic E-state index is 11.9. The van der Waals surface area contributed by atoms with Crippen LogP contribution in [0.4, 0.5) is 5.69 Å². The fourth-order valence-electron chi connectivity index (χ4n) is 4.09. The standard InChI is InChI=1S/C22H34N4O2.HI/c1-3-23-21(25-16-22(2)13-5-4-7-19(22)27)24-15-17-9-11-18(12-10-17)26-14-6-8-20(26)28;/h9-12,19,27H,3-8,13-16H2,1-2H3,(H2,23,24,25);1H. The van der Waals surface area contributed by atoms with E-state index in [1.807, 2.05) is 29.2 Å². The van der Waals surface area contributed by atoms with E-state index in [9.17, 15) is 9.90 Å². The smallest absolute Gasteiger partial charge is 0.227 e. The fraction of sp³-hybridized carbons (Fsp3) is 0.636. The molecule has 29 heavy (non-hydrogen) atoms. The minimum atomic E-state index is -0.252. The minimum Gasteiger partial charge on any atom is -0.392 e. The van der Waals surface area contributed by atoms with E-state index in [4.69, 9.17) is 4.99 Å². The number of aliphatic hydroxyl groups excluding tert-OH is 1. The molecular weight excluding hydrogens is 479 g/mol. The van der Waals surface area contributed by atoms with Crippen LogP contribution in [0.2, 0.25) is 0 Å². The molecule has 1 saturated heterocycles. The molecule has 0 aromatic heterocycles. The zero-order valence-corrected chi connectivity index (χ0v) is 19.9. The molecule has 7 heteroatoms. The number of anilines is 1. The summed E-state index contributed by atoms with van der Waals surface area (Å²) in [7, 11) is 0. The van der Waals surface area contributed by atoms with E-state index in [0.717, 1.165) is 62.5 Å². The number of hydrogen-bond donors (Lipinski definition) is 3. The Balaban J connectivity index is 0.00000300. The molecule has 162 valence electrons. The average molecular weight is 514 g/mol. The molecule has 1 amide bonds. The van der Waals surface area contributed by atoms with Gasteiger partial charge in [-0.1, -0.05) is 31.9 Å². The molecule has 1 saturated carbocycles. The molecule has 3 N–H and O–H groups in total. The van der Waals surface area contributed by atoms with Crippen LogP contribution in [0.15, 0.2) is 29.3 Å². The summed E-state index contributed by atoms with van der Waals surface area (Å²) >= 11 is 0. The Morgan fingerprint density at radius 1 is 1.24 bits per heavy atom. The van der Waals surface area contributed by atoms with E-state index in [-0.39, 0.29) is 41.4 Å². The first-order valence-electron chi connectivity index (χ1n) is 10.6. The van der Waals surface area contributed by atoms with E-state index in [1.165, 1.54) is 6.42 Å². The molecule has 6 nitrogen and oxygen atoms in total. The largest absolute Gasteiger partial charge is 0.392 e. The van der Waals surface area contributed by atoms with Crippen molar-refractivity contribution in [2.75, 3.05) is 24.5 Å². The number of halogens is 1. The van der Waals surface area contributed by atoms with Crippen molar-refractivity contribution in [3.8, 4) is 0 Å². The molecule has 1 aromatic carbocycles. The third-order valence-electron chi connectivity index (χ3n) is 6.02. The summed E-state index contributed by atoms with van der Waals surface area (Å²) in [6, 6.07) is 8.10. The Morgan fingerprint density at radius 2 is 2.00 bits per heavy atom. The van der Waals surface area contributed by atoms with Gasteiger partial charge in [-0.15, -0.1) is 24.0 Å². The SMILES string of the molecule is CCNC(=NCc1ccc(N2CCCC2=O)cc1)NCC1(C)CCCCC1O.I. The molecule has 0 radical (unpaired) electrons. The summed E-state index contributed by atoms with van der Waals surface area (Å²) in [5.74, 6) is 0.989. The van der Waals surface area contributed by atoms with Crippen LogP contribution in [0.1, 0.15) is 57.9 Å². The van der Waals surface area contributed by atoms with Crippen LogP contribution in [0, 0.1) is 5.41 Å².